The first-order valence-corrected chi connectivity index (χ1v) is 4.32. The summed E-state index contributed by atoms with van der Waals surface area (Å²) < 4.78 is 0. The molecule has 0 saturated carbocycles. The lowest BCUT2D eigenvalue weighted by Gasteiger charge is -2.14. The van der Waals surface area contributed by atoms with Gasteiger partial charge in [-0.05, 0) is 12.1 Å². The Bertz CT molecular complexity index is 265. The summed E-state index contributed by atoms with van der Waals surface area (Å²) in [5.74, 6) is -0.0345. The number of aromatic nitrogens is 1. The van der Waals surface area contributed by atoms with Crippen LogP contribution in [0.15, 0.2) is 18.3 Å². The number of aliphatic hydroxyl groups excluding tert-OH is 2. The van der Waals surface area contributed by atoms with Gasteiger partial charge in [-0.25, -0.2) is 0 Å². The van der Waals surface area contributed by atoms with E-state index in [1.54, 1.807) is 12.1 Å². The number of nitrogens with zero attached hydrogens (tertiary/aromatic N) is 1. The molecule has 1 rings (SSSR count). The molecule has 0 radical (unpaired) electrons. The average Bonchev–Trinajstić information content (AvgIpc) is 2.17. The monoisotopic (exact) mass is 202 g/mol. The summed E-state index contributed by atoms with van der Waals surface area (Å²) in [6.45, 7) is 0. The van der Waals surface area contributed by atoms with Crippen molar-refractivity contribution in [2.45, 2.75) is 12.2 Å². The lowest BCUT2D eigenvalue weighted by Crippen LogP contribution is -2.20. The van der Waals surface area contributed by atoms with E-state index in [9.17, 15) is 10.2 Å². The lowest BCUT2D eigenvalue weighted by molar-refractivity contribution is 0.0300. The number of alkyl halides is 1. The highest BCUT2D eigenvalue weighted by Crippen LogP contribution is 2.15. The second-order valence-corrected chi connectivity index (χ2v) is 2.99. The third kappa shape index (κ3) is 2.55. The average molecular weight is 203 g/mol. The van der Waals surface area contributed by atoms with Crippen molar-refractivity contribution in [1.29, 1.82) is 0 Å². The van der Waals surface area contributed by atoms with E-state index in [2.05, 4.69) is 4.98 Å². The highest BCUT2D eigenvalue weighted by Gasteiger charge is 2.17. The zero-order chi connectivity index (χ0) is 9.84. The van der Waals surface area contributed by atoms with E-state index in [1.807, 2.05) is 0 Å². The van der Waals surface area contributed by atoms with Crippen LogP contribution in [0.2, 0.25) is 0 Å². The SMILES string of the molecule is Nc1ccc(C(O)C(O)CCl)nc1. The Hall–Kier alpha value is -0.840. The minimum Gasteiger partial charge on any atom is -0.397 e. The Labute approximate surface area is 81.0 Å². The predicted molar refractivity (Wildman–Crippen MR) is 50.3 cm³/mol. The normalized spacial score (nSPS) is 15.3. The van der Waals surface area contributed by atoms with Crippen molar-refractivity contribution in [3.8, 4) is 0 Å². The van der Waals surface area contributed by atoms with Gasteiger partial charge < -0.3 is 15.9 Å². The molecule has 1 heterocycles. The summed E-state index contributed by atoms with van der Waals surface area (Å²) in [4.78, 5) is 3.85. The molecule has 0 spiro atoms. The van der Waals surface area contributed by atoms with Crippen molar-refractivity contribution in [1.82, 2.24) is 4.98 Å². The third-order valence-corrected chi connectivity index (χ3v) is 1.95. The van der Waals surface area contributed by atoms with Gasteiger partial charge in [0.25, 0.3) is 0 Å². The molecule has 1 aromatic heterocycles. The van der Waals surface area contributed by atoms with Crippen molar-refractivity contribution in [2.24, 2.45) is 0 Å². The van der Waals surface area contributed by atoms with Crippen molar-refractivity contribution < 1.29 is 10.2 Å². The first-order chi connectivity index (χ1) is 6.15. The highest BCUT2D eigenvalue weighted by molar-refractivity contribution is 6.18. The molecule has 4 N–H and O–H groups in total. The lowest BCUT2D eigenvalue weighted by atomic mass is 10.1. The van der Waals surface area contributed by atoms with Crippen LogP contribution in [0.5, 0.6) is 0 Å². The quantitative estimate of drug-likeness (QED) is 0.616. The molecular weight excluding hydrogens is 192 g/mol. The third-order valence-electron chi connectivity index (χ3n) is 1.63. The molecule has 13 heavy (non-hydrogen) atoms. The molecule has 72 valence electrons. The van der Waals surface area contributed by atoms with E-state index in [4.69, 9.17) is 17.3 Å². The minimum absolute atomic E-state index is 0.0345. The van der Waals surface area contributed by atoms with Crippen LogP contribution < -0.4 is 5.73 Å². The van der Waals surface area contributed by atoms with E-state index in [1.165, 1.54) is 6.20 Å². The number of halogens is 1. The zero-order valence-corrected chi connectivity index (χ0v) is 7.65. The molecule has 0 aliphatic carbocycles. The van der Waals surface area contributed by atoms with Crippen LogP contribution in [-0.2, 0) is 0 Å². The number of hydrogen-bond acceptors (Lipinski definition) is 4. The summed E-state index contributed by atoms with van der Waals surface area (Å²) in [6, 6.07) is 3.16. The molecular formula is C8H11ClN2O2. The number of pyridine rings is 1. The van der Waals surface area contributed by atoms with Gasteiger partial charge in [0, 0.05) is 0 Å². The summed E-state index contributed by atoms with van der Waals surface area (Å²) in [6.07, 6.45) is -0.643. The summed E-state index contributed by atoms with van der Waals surface area (Å²) in [7, 11) is 0. The van der Waals surface area contributed by atoms with Gasteiger partial charge in [0.1, 0.15) is 6.10 Å². The number of rotatable bonds is 3. The molecule has 2 unspecified atom stereocenters. The van der Waals surface area contributed by atoms with Crippen LogP contribution in [0.25, 0.3) is 0 Å². The second kappa shape index (κ2) is 4.41. The molecule has 0 amide bonds. The van der Waals surface area contributed by atoms with E-state index in [0.717, 1.165) is 0 Å². The molecule has 2 atom stereocenters. The van der Waals surface area contributed by atoms with Gasteiger partial charge >= 0.3 is 0 Å². The highest BCUT2D eigenvalue weighted by atomic mass is 35.5. The van der Waals surface area contributed by atoms with Gasteiger partial charge in [0.2, 0.25) is 0 Å². The van der Waals surface area contributed by atoms with Crippen LogP contribution >= 0.6 is 11.6 Å². The number of aliphatic hydroxyl groups is 2. The molecule has 0 aliphatic heterocycles. The van der Waals surface area contributed by atoms with Gasteiger partial charge in [0.05, 0.1) is 29.6 Å². The maximum Gasteiger partial charge on any atom is 0.123 e. The Balaban J connectivity index is 2.77. The number of nitrogen functional groups attached to an aromatic ring is 1. The Morgan fingerprint density at radius 1 is 1.46 bits per heavy atom. The predicted octanol–water partition coefficient (Wildman–Crippen LogP) is 0.297. The van der Waals surface area contributed by atoms with Crippen LogP contribution in [0.3, 0.4) is 0 Å². The molecule has 0 aliphatic rings. The Morgan fingerprint density at radius 3 is 2.62 bits per heavy atom. The van der Waals surface area contributed by atoms with E-state index >= 15 is 0 Å². The second-order valence-electron chi connectivity index (χ2n) is 2.68. The molecule has 5 heteroatoms. The largest absolute Gasteiger partial charge is 0.397 e. The molecule has 4 nitrogen and oxygen atoms in total. The first-order valence-electron chi connectivity index (χ1n) is 3.78. The van der Waals surface area contributed by atoms with Crippen LogP contribution in [0.1, 0.15) is 11.8 Å². The fourth-order valence-corrected chi connectivity index (χ4v) is 1.04. The smallest absolute Gasteiger partial charge is 0.123 e. The van der Waals surface area contributed by atoms with Crippen LogP contribution in [-0.4, -0.2) is 27.2 Å². The maximum absolute atomic E-state index is 9.44. The fraction of sp³-hybridized carbons (Fsp3) is 0.375. The topological polar surface area (TPSA) is 79.4 Å². The molecule has 0 aromatic carbocycles. The number of anilines is 1. The van der Waals surface area contributed by atoms with Crippen molar-refractivity contribution in [2.75, 3.05) is 11.6 Å². The van der Waals surface area contributed by atoms with Crippen molar-refractivity contribution in [3.63, 3.8) is 0 Å². The summed E-state index contributed by atoms with van der Waals surface area (Å²) in [5.41, 5.74) is 6.28. The standard InChI is InChI=1S/C8H11ClN2O2/c9-3-7(12)8(13)6-2-1-5(10)4-11-6/h1-2,4,7-8,12-13H,3,10H2. The van der Waals surface area contributed by atoms with Crippen LogP contribution in [0.4, 0.5) is 5.69 Å². The maximum atomic E-state index is 9.44. The zero-order valence-electron chi connectivity index (χ0n) is 6.89. The molecule has 0 bridgehead atoms. The first kappa shape index (κ1) is 10.2. The van der Waals surface area contributed by atoms with Crippen LogP contribution in [0, 0.1) is 0 Å². The van der Waals surface area contributed by atoms with Gasteiger partial charge in [-0.15, -0.1) is 11.6 Å². The van der Waals surface area contributed by atoms with Gasteiger partial charge in [-0.2, -0.15) is 0 Å². The minimum atomic E-state index is -1.06. The van der Waals surface area contributed by atoms with Crippen molar-refractivity contribution in [3.05, 3.63) is 24.0 Å². The van der Waals surface area contributed by atoms with E-state index in [0.29, 0.717) is 11.4 Å². The van der Waals surface area contributed by atoms with Gasteiger partial charge in [0.15, 0.2) is 0 Å². The summed E-state index contributed by atoms with van der Waals surface area (Å²) in [5, 5.41) is 18.6. The summed E-state index contributed by atoms with van der Waals surface area (Å²) >= 11 is 5.37. The van der Waals surface area contributed by atoms with Gasteiger partial charge in [-0.3, -0.25) is 4.98 Å². The fourth-order valence-electron chi connectivity index (χ4n) is 0.873. The Kier molecular flexibility index (Phi) is 3.48. The van der Waals surface area contributed by atoms with Gasteiger partial charge in [-0.1, -0.05) is 0 Å². The molecule has 0 fully saturated rings. The van der Waals surface area contributed by atoms with Crippen molar-refractivity contribution >= 4 is 17.3 Å². The molecule has 0 saturated heterocycles. The molecule has 1 aromatic rings. The number of nitrogens with two attached hydrogens (primary N) is 1. The van der Waals surface area contributed by atoms with E-state index in [-0.39, 0.29) is 5.88 Å². The van der Waals surface area contributed by atoms with E-state index < -0.39 is 12.2 Å². The Morgan fingerprint density at radius 2 is 2.15 bits per heavy atom. The number of hydrogen-bond donors (Lipinski definition) is 3.